The molecule has 146 valence electrons. The quantitative estimate of drug-likeness (QED) is 0.680. The lowest BCUT2D eigenvalue weighted by Crippen LogP contribution is -2.39. The summed E-state index contributed by atoms with van der Waals surface area (Å²) in [5.74, 6) is -1.22. The Morgan fingerprint density at radius 1 is 1.08 bits per heavy atom. The maximum absolute atomic E-state index is 12.2. The van der Waals surface area contributed by atoms with Crippen LogP contribution in [0.25, 0.3) is 0 Å². The molecule has 0 spiro atoms. The molecule has 0 aliphatic heterocycles. The molecule has 0 aliphatic rings. The van der Waals surface area contributed by atoms with Gasteiger partial charge in [-0.2, -0.15) is 13.2 Å². The minimum Gasteiger partial charge on any atom is -0.484 e. The number of halogens is 3. The number of ether oxygens (including phenoxy) is 3. The van der Waals surface area contributed by atoms with Gasteiger partial charge in [-0.1, -0.05) is 0 Å². The molecule has 0 amide bonds. The topological polar surface area (TPSA) is 61.8 Å². The van der Waals surface area contributed by atoms with Gasteiger partial charge in [0.2, 0.25) is 5.60 Å². The number of carbonyl (C=O) groups excluding carboxylic acids is 2. The van der Waals surface area contributed by atoms with E-state index >= 15 is 0 Å². The Labute approximate surface area is 150 Å². The molecule has 1 rings (SSSR count). The van der Waals surface area contributed by atoms with Crippen molar-refractivity contribution in [2.75, 3.05) is 13.2 Å². The number of hydrogen-bond donors (Lipinski definition) is 0. The van der Waals surface area contributed by atoms with Crippen molar-refractivity contribution in [1.29, 1.82) is 0 Å². The maximum Gasteiger partial charge on any atom is 0.422 e. The van der Waals surface area contributed by atoms with Gasteiger partial charge in [-0.05, 0) is 63.4 Å². The number of carbonyl (C=O) groups is 2. The van der Waals surface area contributed by atoms with E-state index in [0.717, 1.165) is 0 Å². The largest absolute Gasteiger partial charge is 0.484 e. The molecule has 0 heterocycles. The minimum atomic E-state index is -4.43. The number of esters is 2. The predicted molar refractivity (Wildman–Crippen MR) is 88.0 cm³/mol. The van der Waals surface area contributed by atoms with Crippen molar-refractivity contribution in [2.24, 2.45) is 0 Å². The van der Waals surface area contributed by atoms with Gasteiger partial charge in [0.15, 0.2) is 6.61 Å². The molecule has 1 aromatic rings. The highest BCUT2D eigenvalue weighted by Gasteiger charge is 2.34. The molecule has 0 unspecified atom stereocenters. The Balaban J connectivity index is 2.84. The van der Waals surface area contributed by atoms with Crippen LogP contribution >= 0.6 is 0 Å². The molecular formula is C18H23F3O5. The summed E-state index contributed by atoms with van der Waals surface area (Å²) in [7, 11) is 0. The van der Waals surface area contributed by atoms with Crippen LogP contribution in [0.4, 0.5) is 13.2 Å². The summed E-state index contributed by atoms with van der Waals surface area (Å²) in [5, 5.41) is 0. The lowest BCUT2D eigenvalue weighted by molar-refractivity contribution is -0.177. The van der Waals surface area contributed by atoms with E-state index in [4.69, 9.17) is 14.2 Å². The molecule has 0 saturated heterocycles. The molecule has 5 nitrogen and oxygen atoms in total. The molecule has 0 radical (unpaired) electrons. The van der Waals surface area contributed by atoms with Gasteiger partial charge in [0, 0.05) is 0 Å². The van der Waals surface area contributed by atoms with Crippen LogP contribution in [0.1, 0.15) is 37.5 Å². The third-order valence-electron chi connectivity index (χ3n) is 3.53. The van der Waals surface area contributed by atoms with Crippen LogP contribution in [0.2, 0.25) is 0 Å². The maximum atomic E-state index is 12.2. The van der Waals surface area contributed by atoms with Crippen LogP contribution in [0.15, 0.2) is 12.1 Å². The first kappa shape index (κ1) is 21.8. The molecule has 26 heavy (non-hydrogen) atoms. The fraction of sp³-hybridized carbons (Fsp3) is 0.556. The molecule has 0 aromatic heterocycles. The Hall–Kier alpha value is -2.25. The summed E-state index contributed by atoms with van der Waals surface area (Å²) >= 11 is 0. The van der Waals surface area contributed by atoms with E-state index in [1.807, 2.05) is 0 Å². The number of alkyl halides is 3. The van der Waals surface area contributed by atoms with Crippen molar-refractivity contribution in [2.45, 2.75) is 52.8 Å². The minimum absolute atomic E-state index is 0.0706. The molecule has 0 bridgehead atoms. The van der Waals surface area contributed by atoms with Gasteiger partial charge < -0.3 is 14.2 Å². The summed E-state index contributed by atoms with van der Waals surface area (Å²) in [6, 6.07) is 2.86. The average molecular weight is 376 g/mol. The molecular weight excluding hydrogens is 353 g/mol. The highest BCUT2D eigenvalue weighted by molar-refractivity contribution is 5.83. The van der Waals surface area contributed by atoms with Crippen molar-refractivity contribution in [3.8, 4) is 5.75 Å². The van der Waals surface area contributed by atoms with Crippen LogP contribution in [-0.2, 0) is 25.5 Å². The van der Waals surface area contributed by atoms with E-state index in [1.165, 1.54) is 26.0 Å². The first-order valence-corrected chi connectivity index (χ1v) is 8.04. The van der Waals surface area contributed by atoms with Gasteiger partial charge in [0.05, 0.1) is 13.0 Å². The van der Waals surface area contributed by atoms with Crippen molar-refractivity contribution in [3.05, 3.63) is 28.8 Å². The smallest absolute Gasteiger partial charge is 0.422 e. The second-order valence-corrected chi connectivity index (χ2v) is 6.32. The van der Waals surface area contributed by atoms with E-state index < -0.39 is 30.3 Å². The lowest BCUT2D eigenvalue weighted by atomic mass is 9.99. The van der Waals surface area contributed by atoms with E-state index in [-0.39, 0.29) is 18.8 Å². The monoisotopic (exact) mass is 376 g/mol. The summed E-state index contributed by atoms with van der Waals surface area (Å²) in [5.41, 5.74) is 0.361. The third kappa shape index (κ3) is 6.57. The van der Waals surface area contributed by atoms with E-state index in [2.05, 4.69) is 0 Å². The van der Waals surface area contributed by atoms with Crippen LogP contribution in [-0.4, -0.2) is 36.9 Å². The van der Waals surface area contributed by atoms with Gasteiger partial charge >= 0.3 is 18.1 Å². The van der Waals surface area contributed by atoms with Gasteiger partial charge in [-0.25, -0.2) is 4.79 Å². The zero-order chi connectivity index (χ0) is 20.1. The fourth-order valence-corrected chi connectivity index (χ4v) is 2.29. The molecule has 0 atom stereocenters. The molecule has 0 saturated carbocycles. The summed E-state index contributed by atoms with van der Waals surface area (Å²) < 4.78 is 51.5. The van der Waals surface area contributed by atoms with Gasteiger partial charge in [0.25, 0.3) is 0 Å². The summed E-state index contributed by atoms with van der Waals surface area (Å²) in [4.78, 5) is 23.9. The van der Waals surface area contributed by atoms with Gasteiger partial charge in [-0.15, -0.1) is 0 Å². The van der Waals surface area contributed by atoms with Crippen LogP contribution in [0, 0.1) is 13.8 Å². The van der Waals surface area contributed by atoms with Crippen molar-refractivity contribution in [3.63, 3.8) is 0 Å². The van der Waals surface area contributed by atoms with Gasteiger partial charge in [0.1, 0.15) is 5.75 Å². The van der Waals surface area contributed by atoms with Gasteiger partial charge in [-0.3, -0.25) is 4.79 Å². The molecule has 0 aliphatic carbocycles. The molecule has 0 fully saturated rings. The number of aryl methyl sites for hydroxylation is 2. The molecule has 0 N–H and O–H groups in total. The third-order valence-corrected chi connectivity index (χ3v) is 3.53. The van der Waals surface area contributed by atoms with Crippen LogP contribution in [0.3, 0.4) is 0 Å². The first-order chi connectivity index (χ1) is 11.9. The number of hydrogen-bond acceptors (Lipinski definition) is 5. The second kappa shape index (κ2) is 8.42. The number of benzene rings is 1. The number of rotatable bonds is 7. The average Bonchev–Trinajstić information content (AvgIpc) is 2.48. The van der Waals surface area contributed by atoms with Crippen molar-refractivity contribution in [1.82, 2.24) is 0 Å². The van der Waals surface area contributed by atoms with Crippen molar-refractivity contribution < 1.29 is 37.0 Å². The SMILES string of the molecule is CCOC(=O)C(C)(C)OC(=O)Cc1c(C)cc(OCC(F)(F)F)cc1C. The normalized spacial score (nSPS) is 11.8. The zero-order valence-electron chi connectivity index (χ0n) is 15.5. The fourth-order valence-electron chi connectivity index (χ4n) is 2.29. The molecule has 1 aromatic carbocycles. The second-order valence-electron chi connectivity index (χ2n) is 6.32. The Morgan fingerprint density at radius 2 is 1.62 bits per heavy atom. The Bertz CT molecular complexity index is 642. The highest BCUT2D eigenvalue weighted by Crippen LogP contribution is 2.25. The summed E-state index contributed by atoms with van der Waals surface area (Å²) in [6.45, 7) is 6.59. The Morgan fingerprint density at radius 3 is 2.08 bits per heavy atom. The standard InChI is InChI=1S/C18H23F3O5/c1-6-24-16(23)17(4,5)26-15(22)9-14-11(2)7-13(8-12(14)3)25-10-18(19,20)21/h7-8H,6,9-10H2,1-5H3. The van der Waals surface area contributed by atoms with Crippen molar-refractivity contribution >= 4 is 11.9 Å². The molecule has 8 heteroatoms. The lowest BCUT2D eigenvalue weighted by Gasteiger charge is -2.23. The van der Waals surface area contributed by atoms with Crippen LogP contribution in [0.5, 0.6) is 5.75 Å². The van der Waals surface area contributed by atoms with Crippen LogP contribution < -0.4 is 4.74 Å². The van der Waals surface area contributed by atoms with E-state index in [0.29, 0.717) is 16.7 Å². The zero-order valence-corrected chi connectivity index (χ0v) is 15.5. The van der Waals surface area contributed by atoms with E-state index in [1.54, 1.807) is 20.8 Å². The Kier molecular flexibility index (Phi) is 7.06. The highest BCUT2D eigenvalue weighted by atomic mass is 19.4. The van der Waals surface area contributed by atoms with E-state index in [9.17, 15) is 22.8 Å². The first-order valence-electron chi connectivity index (χ1n) is 8.04. The summed E-state index contributed by atoms with van der Waals surface area (Å²) in [6.07, 6.45) is -4.55. The predicted octanol–water partition coefficient (Wildman–Crippen LogP) is 3.67.